The van der Waals surface area contributed by atoms with Crippen molar-refractivity contribution in [1.29, 1.82) is 0 Å². The van der Waals surface area contributed by atoms with E-state index < -0.39 is 0 Å². The van der Waals surface area contributed by atoms with Gasteiger partial charge < -0.3 is 4.74 Å². The minimum Gasteiger partial charge on any atom is -0.458 e. The zero-order chi connectivity index (χ0) is 14.6. The average Bonchev–Trinajstić information content (AvgIpc) is 2.39. The summed E-state index contributed by atoms with van der Waals surface area (Å²) in [6.07, 6.45) is 9.33. The lowest BCUT2D eigenvalue weighted by molar-refractivity contribution is -0.163. The van der Waals surface area contributed by atoms with E-state index in [9.17, 15) is 4.79 Å². The smallest absolute Gasteiger partial charge is 0.320 e. The number of allylic oxidation sites excluding steroid dienone is 2. The largest absolute Gasteiger partial charge is 0.458 e. The number of carbonyl (C=O) groups excluding carboxylic acids is 1. The molecule has 0 N–H and O–H groups in total. The Hall–Kier alpha value is -0.830. The van der Waals surface area contributed by atoms with Crippen LogP contribution in [0.5, 0.6) is 0 Å². The first-order valence-corrected chi connectivity index (χ1v) is 8.07. The molecule has 2 aliphatic rings. The van der Waals surface area contributed by atoms with Crippen LogP contribution in [0.3, 0.4) is 0 Å². The van der Waals surface area contributed by atoms with Crippen LogP contribution in [-0.2, 0) is 9.53 Å². The zero-order valence-corrected chi connectivity index (χ0v) is 13.3. The van der Waals surface area contributed by atoms with Crippen LogP contribution in [0.15, 0.2) is 11.6 Å². The van der Waals surface area contributed by atoms with Crippen molar-refractivity contribution in [3.63, 3.8) is 0 Å². The Kier molecular flexibility index (Phi) is 5.25. The molecule has 0 aromatic heterocycles. The molecule has 2 rings (SSSR count). The quantitative estimate of drug-likeness (QED) is 0.582. The molecular formula is C17H29NO2. The summed E-state index contributed by atoms with van der Waals surface area (Å²) in [6, 6.07) is 0. The summed E-state index contributed by atoms with van der Waals surface area (Å²) >= 11 is 0. The molecule has 114 valence electrons. The minimum absolute atomic E-state index is 0.0526. The fourth-order valence-corrected chi connectivity index (χ4v) is 3.31. The van der Waals surface area contributed by atoms with Crippen molar-refractivity contribution >= 4 is 5.97 Å². The third-order valence-electron chi connectivity index (χ3n) is 4.80. The molecule has 0 bridgehead atoms. The van der Waals surface area contributed by atoms with E-state index in [2.05, 4.69) is 31.7 Å². The molecule has 1 fully saturated rings. The molecule has 0 spiro atoms. The topological polar surface area (TPSA) is 29.5 Å². The van der Waals surface area contributed by atoms with Gasteiger partial charge in [0.2, 0.25) is 0 Å². The number of piperidine rings is 1. The highest BCUT2D eigenvalue weighted by atomic mass is 16.6. The molecule has 3 heteroatoms. The highest BCUT2D eigenvalue weighted by Gasteiger charge is 2.34. The third kappa shape index (κ3) is 4.34. The second-order valence-corrected chi connectivity index (χ2v) is 6.94. The SMILES string of the molecule is CC1=CCC(C(C)(C)OC(=O)CN2CCCCC2)CC1. The van der Waals surface area contributed by atoms with E-state index in [0.29, 0.717) is 12.5 Å². The van der Waals surface area contributed by atoms with Gasteiger partial charge in [0.05, 0.1) is 6.54 Å². The predicted molar refractivity (Wildman–Crippen MR) is 81.6 cm³/mol. The number of hydrogen-bond donors (Lipinski definition) is 0. The van der Waals surface area contributed by atoms with Crippen molar-refractivity contribution in [2.75, 3.05) is 19.6 Å². The molecule has 1 atom stereocenters. The number of carbonyl (C=O) groups is 1. The standard InChI is InChI=1S/C17H29NO2/c1-14-7-9-15(10-8-14)17(2,3)20-16(19)13-18-11-5-4-6-12-18/h7,15H,4-6,8-13H2,1-3H3. The van der Waals surface area contributed by atoms with E-state index in [4.69, 9.17) is 4.74 Å². The normalized spacial score (nSPS) is 25.1. The fraction of sp³-hybridized carbons (Fsp3) is 0.824. The van der Waals surface area contributed by atoms with Crippen molar-refractivity contribution < 1.29 is 9.53 Å². The summed E-state index contributed by atoms with van der Waals surface area (Å²) in [7, 11) is 0. The second-order valence-electron chi connectivity index (χ2n) is 6.94. The fourth-order valence-electron chi connectivity index (χ4n) is 3.31. The molecule has 1 unspecified atom stereocenters. The Balaban J connectivity index is 1.82. The van der Waals surface area contributed by atoms with Crippen molar-refractivity contribution in [2.24, 2.45) is 5.92 Å². The average molecular weight is 279 g/mol. The summed E-state index contributed by atoms with van der Waals surface area (Å²) in [5.74, 6) is 0.402. The molecule has 0 saturated carbocycles. The van der Waals surface area contributed by atoms with Crippen LogP contribution >= 0.6 is 0 Å². The van der Waals surface area contributed by atoms with Gasteiger partial charge in [0.15, 0.2) is 0 Å². The number of esters is 1. The molecular weight excluding hydrogens is 250 g/mol. The second kappa shape index (κ2) is 6.75. The summed E-state index contributed by atoms with van der Waals surface area (Å²) in [6.45, 7) is 8.87. The maximum atomic E-state index is 12.2. The zero-order valence-electron chi connectivity index (χ0n) is 13.3. The Morgan fingerprint density at radius 2 is 2.05 bits per heavy atom. The molecule has 0 aromatic rings. The van der Waals surface area contributed by atoms with Crippen LogP contribution in [0.2, 0.25) is 0 Å². The van der Waals surface area contributed by atoms with E-state index >= 15 is 0 Å². The number of likely N-dealkylation sites (tertiary alicyclic amines) is 1. The van der Waals surface area contributed by atoms with Gasteiger partial charge in [0.25, 0.3) is 0 Å². The summed E-state index contributed by atoms with van der Waals surface area (Å²) in [5, 5.41) is 0. The molecule has 0 radical (unpaired) electrons. The maximum absolute atomic E-state index is 12.2. The summed E-state index contributed by atoms with van der Waals surface area (Å²) in [5.41, 5.74) is 1.13. The van der Waals surface area contributed by atoms with Crippen LogP contribution < -0.4 is 0 Å². The van der Waals surface area contributed by atoms with Crippen LogP contribution in [0, 0.1) is 5.92 Å². The van der Waals surface area contributed by atoms with Crippen LogP contribution in [0.4, 0.5) is 0 Å². The highest BCUT2D eigenvalue weighted by molar-refractivity contribution is 5.72. The van der Waals surface area contributed by atoms with Crippen LogP contribution in [0.1, 0.15) is 59.3 Å². The molecule has 1 aliphatic heterocycles. The minimum atomic E-state index is -0.343. The molecule has 20 heavy (non-hydrogen) atoms. The highest BCUT2D eigenvalue weighted by Crippen LogP contribution is 2.34. The molecule has 1 heterocycles. The third-order valence-corrected chi connectivity index (χ3v) is 4.80. The van der Waals surface area contributed by atoms with E-state index in [-0.39, 0.29) is 11.6 Å². The monoisotopic (exact) mass is 279 g/mol. The van der Waals surface area contributed by atoms with E-state index in [1.807, 2.05) is 0 Å². The summed E-state index contributed by atoms with van der Waals surface area (Å²) < 4.78 is 5.81. The maximum Gasteiger partial charge on any atom is 0.320 e. The lowest BCUT2D eigenvalue weighted by atomic mass is 9.79. The Bertz CT molecular complexity index is 367. The summed E-state index contributed by atoms with van der Waals surface area (Å²) in [4.78, 5) is 14.4. The van der Waals surface area contributed by atoms with Crippen molar-refractivity contribution in [3.05, 3.63) is 11.6 Å². The van der Waals surface area contributed by atoms with Gasteiger partial charge in [-0.15, -0.1) is 0 Å². The van der Waals surface area contributed by atoms with Crippen molar-refractivity contribution in [2.45, 2.75) is 64.9 Å². The van der Waals surface area contributed by atoms with Gasteiger partial charge in [-0.1, -0.05) is 18.1 Å². The van der Waals surface area contributed by atoms with Gasteiger partial charge in [0, 0.05) is 5.92 Å². The number of nitrogens with zero attached hydrogens (tertiary/aromatic N) is 1. The number of ether oxygens (including phenoxy) is 1. The van der Waals surface area contributed by atoms with Gasteiger partial charge in [-0.2, -0.15) is 0 Å². The first-order valence-electron chi connectivity index (χ1n) is 8.07. The van der Waals surface area contributed by atoms with Gasteiger partial charge in [-0.3, -0.25) is 9.69 Å². The van der Waals surface area contributed by atoms with E-state index in [1.54, 1.807) is 0 Å². The first-order chi connectivity index (χ1) is 9.47. The number of rotatable bonds is 4. The molecule has 0 amide bonds. The Morgan fingerprint density at radius 3 is 2.65 bits per heavy atom. The molecule has 3 nitrogen and oxygen atoms in total. The molecule has 0 aromatic carbocycles. The van der Waals surface area contributed by atoms with Gasteiger partial charge in [0.1, 0.15) is 5.60 Å². The molecule has 1 saturated heterocycles. The Morgan fingerprint density at radius 1 is 1.35 bits per heavy atom. The van der Waals surface area contributed by atoms with E-state index in [0.717, 1.165) is 32.4 Å². The van der Waals surface area contributed by atoms with Crippen LogP contribution in [0.25, 0.3) is 0 Å². The lowest BCUT2D eigenvalue weighted by Gasteiger charge is -2.36. The first kappa shape index (κ1) is 15.6. The van der Waals surface area contributed by atoms with Gasteiger partial charge in [-0.25, -0.2) is 0 Å². The Labute approximate surface area is 123 Å². The number of hydrogen-bond acceptors (Lipinski definition) is 3. The molecule has 1 aliphatic carbocycles. The van der Waals surface area contributed by atoms with Gasteiger partial charge in [-0.05, 0) is 66.0 Å². The van der Waals surface area contributed by atoms with Crippen molar-refractivity contribution in [1.82, 2.24) is 4.90 Å². The van der Waals surface area contributed by atoms with Crippen molar-refractivity contribution in [3.8, 4) is 0 Å². The van der Waals surface area contributed by atoms with Gasteiger partial charge >= 0.3 is 5.97 Å². The van der Waals surface area contributed by atoms with Crippen LogP contribution in [-0.4, -0.2) is 36.1 Å². The lowest BCUT2D eigenvalue weighted by Crippen LogP contribution is -2.42. The van der Waals surface area contributed by atoms with E-state index in [1.165, 1.54) is 24.8 Å². The predicted octanol–water partition coefficient (Wildman–Crippen LogP) is 3.54.